The van der Waals surface area contributed by atoms with E-state index in [-0.39, 0.29) is 0 Å². The Kier molecular flexibility index (Phi) is 3.63. The quantitative estimate of drug-likeness (QED) is 0.238. The van der Waals surface area contributed by atoms with Gasteiger partial charge in [-0.15, -0.1) is 0 Å². The van der Waals surface area contributed by atoms with Crippen LogP contribution in [0.3, 0.4) is 0 Å². The maximum absolute atomic E-state index is 6.34. The molecule has 5 rings (SSSR count). The first-order valence-electron chi connectivity index (χ1n) is 8.97. The summed E-state index contributed by atoms with van der Waals surface area (Å²) in [5, 5.41) is 3.94. The van der Waals surface area contributed by atoms with Crippen molar-refractivity contribution in [1.29, 1.82) is 0 Å². The summed E-state index contributed by atoms with van der Waals surface area (Å²) >= 11 is 6.34. The van der Waals surface area contributed by atoms with Crippen LogP contribution < -0.4 is 0 Å². The fourth-order valence-electron chi connectivity index (χ4n) is 3.86. The predicted octanol–water partition coefficient (Wildman–Crippen LogP) is 6.87. The van der Waals surface area contributed by atoms with Crippen molar-refractivity contribution in [2.75, 3.05) is 0 Å². The maximum Gasteiger partial charge on any atom is 0.0828 e. The van der Waals surface area contributed by atoms with Crippen LogP contribution in [-0.2, 0) is 0 Å². The van der Waals surface area contributed by atoms with Gasteiger partial charge >= 0.3 is 0 Å². The minimum absolute atomic E-state index is 0.711. The Hall–Kier alpha value is -2.97. The molecule has 0 aliphatic heterocycles. The zero-order valence-corrected chi connectivity index (χ0v) is 15.9. The van der Waals surface area contributed by atoms with Crippen molar-refractivity contribution in [3.8, 4) is 11.1 Å². The third-order valence-electron chi connectivity index (χ3n) is 5.07. The molecule has 0 saturated carbocycles. The van der Waals surface area contributed by atoms with Crippen LogP contribution >= 0.6 is 11.6 Å². The summed E-state index contributed by atoms with van der Waals surface area (Å²) in [7, 11) is 0. The molecule has 0 radical (unpaired) electrons. The normalized spacial score (nSPS) is 11.5. The smallest absolute Gasteiger partial charge is 0.0828 e. The van der Waals surface area contributed by atoms with Gasteiger partial charge in [-0.1, -0.05) is 53.6 Å². The summed E-state index contributed by atoms with van der Waals surface area (Å²) in [6, 6.07) is 22.7. The van der Waals surface area contributed by atoms with E-state index in [4.69, 9.17) is 21.6 Å². The van der Waals surface area contributed by atoms with Gasteiger partial charge in [-0.3, -0.25) is 4.98 Å². The highest BCUT2D eigenvalue weighted by Crippen LogP contribution is 2.39. The largest absolute Gasteiger partial charge is 0.252 e. The van der Waals surface area contributed by atoms with E-state index in [9.17, 15) is 0 Å². The Morgan fingerprint density at radius 2 is 1.48 bits per heavy atom. The second kappa shape index (κ2) is 6.04. The van der Waals surface area contributed by atoms with Crippen molar-refractivity contribution in [2.24, 2.45) is 0 Å². The molecule has 5 aromatic rings. The zero-order valence-electron chi connectivity index (χ0n) is 15.1. The number of pyridine rings is 2. The number of hydrogen-bond donors (Lipinski definition) is 0. The molecular weight excluding hydrogens is 352 g/mol. The van der Waals surface area contributed by atoms with Crippen molar-refractivity contribution in [1.82, 2.24) is 9.97 Å². The van der Waals surface area contributed by atoms with E-state index in [2.05, 4.69) is 56.3 Å². The fourth-order valence-corrected chi connectivity index (χ4v) is 4.03. The number of hydrogen-bond acceptors (Lipinski definition) is 2. The van der Waals surface area contributed by atoms with Crippen LogP contribution in [0, 0.1) is 13.8 Å². The number of nitrogens with zero attached hydrogens (tertiary/aromatic N) is 2. The molecule has 0 aliphatic carbocycles. The van der Waals surface area contributed by atoms with Gasteiger partial charge in [-0.05, 0) is 49.7 Å². The van der Waals surface area contributed by atoms with E-state index in [0.29, 0.717) is 5.02 Å². The van der Waals surface area contributed by atoms with E-state index < -0.39 is 0 Å². The molecule has 0 bridgehead atoms. The lowest BCUT2D eigenvalue weighted by Gasteiger charge is -2.15. The molecule has 0 unspecified atom stereocenters. The van der Waals surface area contributed by atoms with Gasteiger partial charge in [0.05, 0.1) is 16.6 Å². The van der Waals surface area contributed by atoms with Crippen LogP contribution in [0.1, 0.15) is 11.3 Å². The third-order valence-corrected chi connectivity index (χ3v) is 5.30. The van der Waals surface area contributed by atoms with Gasteiger partial charge in [0.1, 0.15) is 0 Å². The van der Waals surface area contributed by atoms with E-state index in [0.717, 1.165) is 49.5 Å². The molecule has 0 fully saturated rings. The molecule has 0 aliphatic rings. The summed E-state index contributed by atoms with van der Waals surface area (Å²) in [6.07, 6.45) is 0. The van der Waals surface area contributed by atoms with Crippen LogP contribution in [0.25, 0.3) is 43.8 Å². The molecule has 0 saturated heterocycles. The highest BCUT2D eigenvalue weighted by Gasteiger charge is 2.16. The number of aryl methyl sites for hydroxylation is 2. The lowest BCUT2D eigenvalue weighted by atomic mass is 9.94. The van der Waals surface area contributed by atoms with E-state index in [1.165, 1.54) is 5.56 Å². The van der Waals surface area contributed by atoms with E-state index in [1.807, 2.05) is 24.3 Å². The van der Waals surface area contributed by atoms with Crippen LogP contribution in [0.15, 0.2) is 66.7 Å². The molecule has 0 amide bonds. The topological polar surface area (TPSA) is 25.8 Å². The van der Waals surface area contributed by atoms with Gasteiger partial charge < -0.3 is 0 Å². The molecule has 2 heterocycles. The Balaban J connectivity index is 2.09. The van der Waals surface area contributed by atoms with E-state index >= 15 is 0 Å². The second-order valence-electron chi connectivity index (χ2n) is 6.96. The van der Waals surface area contributed by atoms with Crippen molar-refractivity contribution in [3.63, 3.8) is 0 Å². The minimum Gasteiger partial charge on any atom is -0.252 e. The van der Waals surface area contributed by atoms with Crippen LogP contribution in [0.5, 0.6) is 0 Å². The number of rotatable bonds is 1. The molecule has 130 valence electrons. The Morgan fingerprint density at radius 1 is 0.741 bits per heavy atom. The van der Waals surface area contributed by atoms with Crippen molar-refractivity contribution >= 4 is 44.3 Å². The zero-order chi connectivity index (χ0) is 18.5. The maximum atomic E-state index is 6.34. The van der Waals surface area contributed by atoms with Crippen molar-refractivity contribution in [2.45, 2.75) is 13.8 Å². The second-order valence-corrected chi connectivity index (χ2v) is 7.39. The van der Waals surface area contributed by atoms with Gasteiger partial charge in [0.25, 0.3) is 0 Å². The van der Waals surface area contributed by atoms with Gasteiger partial charge in [-0.2, -0.15) is 0 Å². The summed E-state index contributed by atoms with van der Waals surface area (Å²) in [5.41, 5.74) is 7.39. The summed E-state index contributed by atoms with van der Waals surface area (Å²) < 4.78 is 0. The van der Waals surface area contributed by atoms with E-state index in [1.54, 1.807) is 0 Å². The molecule has 2 nitrogen and oxygen atoms in total. The monoisotopic (exact) mass is 368 g/mol. The number of aromatic nitrogens is 2. The summed E-state index contributed by atoms with van der Waals surface area (Å²) in [6.45, 7) is 4.16. The summed E-state index contributed by atoms with van der Waals surface area (Å²) in [4.78, 5) is 9.92. The summed E-state index contributed by atoms with van der Waals surface area (Å²) in [5.74, 6) is 0. The standard InChI is InChI=1S/C24H17ClN2/c1-14-8-10-21-19(12-14)24-22(15(2)26-21)23(16-6-4-3-5-7-16)18-13-17(25)9-11-20(18)27-24/h3-13H,1-2H3. The van der Waals surface area contributed by atoms with Crippen LogP contribution in [-0.4, -0.2) is 9.97 Å². The average molecular weight is 369 g/mol. The number of benzene rings is 3. The lowest BCUT2D eigenvalue weighted by Crippen LogP contribution is -1.96. The Labute approximate surface area is 162 Å². The van der Waals surface area contributed by atoms with Gasteiger partial charge in [0.15, 0.2) is 0 Å². The molecule has 0 spiro atoms. The van der Waals surface area contributed by atoms with Gasteiger partial charge in [0, 0.05) is 32.4 Å². The van der Waals surface area contributed by atoms with Crippen molar-refractivity contribution in [3.05, 3.63) is 83.0 Å². The Morgan fingerprint density at radius 3 is 2.30 bits per heavy atom. The number of halogens is 1. The van der Waals surface area contributed by atoms with Gasteiger partial charge in [0.2, 0.25) is 0 Å². The molecule has 27 heavy (non-hydrogen) atoms. The fraction of sp³-hybridized carbons (Fsp3) is 0.0833. The van der Waals surface area contributed by atoms with Crippen LogP contribution in [0.4, 0.5) is 0 Å². The molecule has 3 heteroatoms. The first kappa shape index (κ1) is 16.2. The molecule has 2 aromatic heterocycles. The highest BCUT2D eigenvalue weighted by atomic mass is 35.5. The first-order valence-corrected chi connectivity index (χ1v) is 9.35. The SMILES string of the molecule is Cc1ccc2nc(C)c3c(-c4ccccc4)c4cc(Cl)ccc4nc3c2c1. The molecule has 0 atom stereocenters. The van der Waals surface area contributed by atoms with Crippen molar-refractivity contribution < 1.29 is 0 Å². The lowest BCUT2D eigenvalue weighted by molar-refractivity contribution is 1.28. The van der Waals surface area contributed by atoms with Gasteiger partial charge in [-0.25, -0.2) is 4.98 Å². The first-order chi connectivity index (χ1) is 13.1. The number of fused-ring (bicyclic) bond motifs is 4. The predicted molar refractivity (Wildman–Crippen MR) is 114 cm³/mol. The highest BCUT2D eigenvalue weighted by molar-refractivity contribution is 6.32. The average Bonchev–Trinajstić information content (AvgIpc) is 2.68. The van der Waals surface area contributed by atoms with Crippen LogP contribution in [0.2, 0.25) is 5.02 Å². The third kappa shape index (κ3) is 2.56. The minimum atomic E-state index is 0.711. The Bertz CT molecular complexity index is 1340. The molecular formula is C24H17ClN2. The molecule has 0 N–H and O–H groups in total. The molecule has 3 aromatic carbocycles.